The van der Waals surface area contributed by atoms with Gasteiger partial charge in [0, 0.05) is 97.6 Å². The minimum Gasteiger partial charge on any atom is -0.309 e. The molecule has 0 amide bonds. The Morgan fingerprint density at radius 1 is 0.136 bits per heavy atom. The first-order valence-electron chi connectivity index (χ1n) is 49.9. The van der Waals surface area contributed by atoms with E-state index in [2.05, 4.69) is 513 Å². The highest BCUT2D eigenvalue weighted by atomic mass is 32.1. The summed E-state index contributed by atoms with van der Waals surface area (Å²) in [6.45, 7) is 0. The summed E-state index contributed by atoms with van der Waals surface area (Å²) in [5.41, 5.74) is 35.7. The molecule has 22 aromatic carbocycles. The molecule has 0 saturated heterocycles. The van der Waals surface area contributed by atoms with Gasteiger partial charge in [0.05, 0.1) is 44.8 Å². The normalized spacial score (nSPS) is 11.7. The van der Waals surface area contributed by atoms with Gasteiger partial charge in [-0.15, -0.1) is 11.3 Å². The fraction of sp³-hybridized carbons (Fsp3) is 0. The van der Waals surface area contributed by atoms with E-state index >= 15 is 0 Å². The standard InChI is InChI=1S/C138H86N8S/c1-5-29-90(30-6-1)125-83-108(101-43-23-37-95(73-101)87-59-61-88(62-60-87)96-38-25-44-105(75-96)112-53-28-54-121-120-52-18-22-58-133(120)147-134(112)121)84-126(139-125)106-45-26-39-97(76-106)89-63-65-94(66-64-89)136-142-135(93-35-11-4-12-36-93)143-137(144-136)107-46-27-42-100(77-107)98-40-24-41-99(74-98)102-67-70-115-113-47-13-14-48-114(113)122-81-103(68-71-116(122)123(115)80-102)104-69-72-132-124(82-104)119-51-17-21-57-131(119)146(132)111-79-109(78-110(85-111)145-129-55-19-15-49-117(129)118-50-16-20-56-130(118)145)138-140-127(91-31-7-2-8-32-91)86-128(141-138)92-33-9-3-10-34-92/h1-86H. The van der Waals surface area contributed by atoms with E-state index in [9.17, 15) is 0 Å². The first-order valence-corrected chi connectivity index (χ1v) is 50.7. The van der Waals surface area contributed by atoms with Crippen LogP contribution in [0.3, 0.4) is 0 Å². The molecule has 28 rings (SSSR count). The first kappa shape index (κ1) is 85.6. The van der Waals surface area contributed by atoms with Crippen molar-refractivity contribution in [2.24, 2.45) is 0 Å². The largest absolute Gasteiger partial charge is 0.309 e. The molecule has 0 unspecified atom stereocenters. The van der Waals surface area contributed by atoms with Crippen LogP contribution in [0.2, 0.25) is 0 Å². The maximum Gasteiger partial charge on any atom is 0.164 e. The summed E-state index contributed by atoms with van der Waals surface area (Å²) in [6, 6.07) is 188. The Labute approximate surface area is 852 Å². The number of para-hydroxylation sites is 3. The lowest BCUT2D eigenvalue weighted by atomic mass is 9.90. The minimum atomic E-state index is 0.580. The van der Waals surface area contributed by atoms with Gasteiger partial charge < -0.3 is 9.13 Å². The molecule has 0 aliphatic heterocycles. The zero-order valence-corrected chi connectivity index (χ0v) is 80.5. The Morgan fingerprint density at radius 2 is 0.435 bits per heavy atom. The first-order chi connectivity index (χ1) is 72.8. The molecule has 147 heavy (non-hydrogen) atoms. The van der Waals surface area contributed by atoms with Crippen LogP contribution < -0.4 is 0 Å². The zero-order valence-electron chi connectivity index (χ0n) is 79.6. The minimum absolute atomic E-state index is 0.580. The molecular formula is C138H86N8S. The third-order valence-corrected chi connectivity index (χ3v) is 30.4. The second kappa shape index (κ2) is 36.0. The number of benzene rings is 22. The Hall–Kier alpha value is -19.3. The van der Waals surface area contributed by atoms with Gasteiger partial charge in [-0.1, -0.05) is 406 Å². The van der Waals surface area contributed by atoms with E-state index in [1.807, 2.05) is 29.5 Å². The molecule has 0 saturated carbocycles. The SMILES string of the molecule is c1ccc(-c2cc(-c3cccc(-c4ccc(-c5cccc(-c6cccc7c6sc6ccccc67)c5)cc4)c3)cc(-c3cccc(-c4ccc(-c5nc(-c6ccccc6)nc(-c6cccc(-c7cccc(-c8ccc9c%10ccccc%10c%10cc(-c%11ccc%12c(c%11)c%11ccccc%11n%12-c%11cc(-c%12nc(-c%13ccccc%13)cc(-c%13ccccc%13)n%12)cc(-n%12c%13ccccc%13c%13ccccc%13%12)c%11)ccc%10c9c8)c7)c6)n5)cc4)c3)n2)cc1. The molecule has 8 nitrogen and oxygen atoms in total. The molecular weight excluding hydrogens is 1800 g/mol. The predicted molar refractivity (Wildman–Crippen MR) is 614 cm³/mol. The molecule has 0 atom stereocenters. The summed E-state index contributed by atoms with van der Waals surface area (Å²) in [5.74, 6) is 2.39. The maximum atomic E-state index is 5.45. The van der Waals surface area contributed by atoms with Crippen LogP contribution in [0.1, 0.15) is 0 Å². The van der Waals surface area contributed by atoms with Crippen LogP contribution in [0.4, 0.5) is 0 Å². The average molecular weight is 1890 g/mol. The Kier molecular flexibility index (Phi) is 21.0. The van der Waals surface area contributed by atoms with Crippen LogP contribution in [0.25, 0.3) is 287 Å². The van der Waals surface area contributed by atoms with Crippen molar-refractivity contribution in [2.45, 2.75) is 0 Å². The highest BCUT2D eigenvalue weighted by Gasteiger charge is 2.25. The lowest BCUT2D eigenvalue weighted by Crippen LogP contribution is -2.02. The van der Waals surface area contributed by atoms with E-state index in [1.165, 1.54) is 85.5 Å². The Balaban J connectivity index is 0.473. The molecule has 6 heterocycles. The number of aromatic nitrogens is 8. The van der Waals surface area contributed by atoms with Crippen molar-refractivity contribution in [1.29, 1.82) is 0 Å². The smallest absolute Gasteiger partial charge is 0.164 e. The highest BCUT2D eigenvalue weighted by Crippen LogP contribution is 2.48. The molecule has 0 spiro atoms. The van der Waals surface area contributed by atoms with Crippen LogP contribution in [0.15, 0.2) is 522 Å². The van der Waals surface area contributed by atoms with Gasteiger partial charge in [-0.25, -0.2) is 29.9 Å². The molecule has 0 bridgehead atoms. The van der Waals surface area contributed by atoms with E-state index in [4.69, 9.17) is 29.9 Å². The summed E-state index contributed by atoms with van der Waals surface area (Å²) in [5, 5.41) is 14.5. The lowest BCUT2D eigenvalue weighted by Gasteiger charge is -2.16. The molecule has 0 fully saturated rings. The maximum absolute atomic E-state index is 5.45. The molecule has 28 aromatic rings. The fourth-order valence-electron chi connectivity index (χ4n) is 21.9. The molecule has 0 N–H and O–H groups in total. The van der Waals surface area contributed by atoms with Crippen molar-refractivity contribution in [3.05, 3.63) is 522 Å². The van der Waals surface area contributed by atoms with Gasteiger partial charge >= 0.3 is 0 Å². The molecule has 9 heteroatoms. The van der Waals surface area contributed by atoms with Gasteiger partial charge in [-0.2, -0.15) is 0 Å². The van der Waals surface area contributed by atoms with Crippen molar-refractivity contribution in [1.82, 2.24) is 39.0 Å². The van der Waals surface area contributed by atoms with Crippen LogP contribution in [0.5, 0.6) is 0 Å². The topological polar surface area (TPSA) is 87.2 Å². The number of pyridine rings is 1. The van der Waals surface area contributed by atoms with Crippen molar-refractivity contribution >= 4 is 107 Å². The Morgan fingerprint density at radius 3 is 0.952 bits per heavy atom. The number of hydrogen-bond acceptors (Lipinski definition) is 7. The van der Waals surface area contributed by atoms with Crippen LogP contribution in [0, 0.1) is 0 Å². The van der Waals surface area contributed by atoms with Gasteiger partial charge in [0.1, 0.15) is 0 Å². The van der Waals surface area contributed by atoms with Crippen molar-refractivity contribution in [3.8, 4) is 191 Å². The van der Waals surface area contributed by atoms with E-state index < -0.39 is 0 Å². The number of thiophene rings is 1. The highest BCUT2D eigenvalue weighted by molar-refractivity contribution is 7.26. The predicted octanol–water partition coefficient (Wildman–Crippen LogP) is 36.8. The van der Waals surface area contributed by atoms with Crippen molar-refractivity contribution in [3.63, 3.8) is 0 Å². The third kappa shape index (κ3) is 15.7. The molecule has 0 aliphatic carbocycles. The summed E-state index contributed by atoms with van der Waals surface area (Å²) in [6.07, 6.45) is 0. The van der Waals surface area contributed by atoms with Crippen molar-refractivity contribution < 1.29 is 0 Å². The third-order valence-electron chi connectivity index (χ3n) is 29.1. The number of rotatable bonds is 18. The molecule has 6 aromatic heterocycles. The summed E-state index contributed by atoms with van der Waals surface area (Å²) in [7, 11) is 0. The fourth-order valence-corrected chi connectivity index (χ4v) is 23.2. The van der Waals surface area contributed by atoms with E-state index in [0.717, 1.165) is 178 Å². The number of nitrogens with zero attached hydrogens (tertiary/aromatic N) is 8. The van der Waals surface area contributed by atoms with Crippen LogP contribution in [-0.2, 0) is 0 Å². The quantitative estimate of drug-likeness (QED) is 0.0796. The second-order valence-electron chi connectivity index (χ2n) is 38.0. The summed E-state index contributed by atoms with van der Waals surface area (Å²) >= 11 is 1.87. The van der Waals surface area contributed by atoms with E-state index in [0.29, 0.717) is 23.3 Å². The van der Waals surface area contributed by atoms with Gasteiger partial charge in [0.2, 0.25) is 0 Å². The summed E-state index contributed by atoms with van der Waals surface area (Å²) in [4.78, 5) is 32.1. The summed E-state index contributed by atoms with van der Waals surface area (Å²) < 4.78 is 7.47. The number of hydrogen-bond donors (Lipinski definition) is 0. The van der Waals surface area contributed by atoms with Crippen LogP contribution in [-0.4, -0.2) is 39.0 Å². The van der Waals surface area contributed by atoms with Crippen LogP contribution >= 0.6 is 11.3 Å². The van der Waals surface area contributed by atoms with Gasteiger partial charge in [-0.05, 0) is 237 Å². The monoisotopic (exact) mass is 1890 g/mol. The second-order valence-corrected chi connectivity index (χ2v) is 39.0. The van der Waals surface area contributed by atoms with Gasteiger partial charge in [0.25, 0.3) is 0 Å². The van der Waals surface area contributed by atoms with E-state index in [-0.39, 0.29) is 0 Å². The molecule has 0 radical (unpaired) electrons. The van der Waals surface area contributed by atoms with Gasteiger partial charge in [0.15, 0.2) is 23.3 Å². The molecule has 684 valence electrons. The van der Waals surface area contributed by atoms with Crippen molar-refractivity contribution in [2.75, 3.05) is 0 Å². The average Bonchev–Trinajstić information content (AvgIpc) is 1.70. The number of fused-ring (bicyclic) bond motifs is 15. The molecule has 0 aliphatic rings. The van der Waals surface area contributed by atoms with E-state index in [1.54, 1.807) is 0 Å². The van der Waals surface area contributed by atoms with Gasteiger partial charge in [-0.3, -0.25) is 0 Å². The Bertz CT molecular complexity index is 10000. The zero-order chi connectivity index (χ0) is 96.9. The lowest BCUT2D eigenvalue weighted by molar-refractivity contribution is 1.07.